The Morgan fingerprint density at radius 2 is 1.79 bits per heavy atom. The molecule has 0 bridgehead atoms. The van der Waals surface area contributed by atoms with Crippen LogP contribution >= 0.6 is 0 Å². The summed E-state index contributed by atoms with van der Waals surface area (Å²) >= 11 is 0. The summed E-state index contributed by atoms with van der Waals surface area (Å²) in [4.78, 5) is 12.0. The average molecular weight is 348 g/mol. The Labute approximate surface area is 140 Å². The van der Waals surface area contributed by atoms with E-state index in [1.165, 1.54) is 50.5 Å². The minimum absolute atomic E-state index is 0.0906. The fourth-order valence-electron chi connectivity index (χ4n) is 1.87. The van der Waals surface area contributed by atoms with Gasteiger partial charge in [0.25, 0.3) is 0 Å². The molecule has 5 nitrogen and oxygen atoms in total. The lowest BCUT2D eigenvalue weighted by Crippen LogP contribution is -2.22. The molecule has 0 aromatic heterocycles. The normalized spacial score (nSPS) is 11.8. The lowest BCUT2D eigenvalue weighted by Gasteiger charge is -2.12. The number of sulfonamides is 1. The number of nitrogens with one attached hydrogen (secondary N) is 1. The van der Waals surface area contributed by atoms with Crippen LogP contribution in [0.4, 0.5) is 10.1 Å². The number of nitrogens with zero attached hydrogens (tertiary/aromatic N) is 1. The van der Waals surface area contributed by atoms with Gasteiger partial charge >= 0.3 is 0 Å². The summed E-state index contributed by atoms with van der Waals surface area (Å²) in [6.45, 7) is 0. The Hall–Kier alpha value is -2.51. The summed E-state index contributed by atoms with van der Waals surface area (Å²) < 4.78 is 38.1. The number of amides is 1. The summed E-state index contributed by atoms with van der Waals surface area (Å²) in [5, 5.41) is 2.59. The van der Waals surface area contributed by atoms with Crippen LogP contribution in [0, 0.1) is 5.82 Å². The van der Waals surface area contributed by atoms with Gasteiger partial charge in [-0.15, -0.1) is 0 Å². The first kappa shape index (κ1) is 17.8. The van der Waals surface area contributed by atoms with E-state index in [1.807, 2.05) is 0 Å². The zero-order valence-corrected chi connectivity index (χ0v) is 14.0. The molecular formula is C17H17FN2O3S. The minimum atomic E-state index is -3.57. The van der Waals surface area contributed by atoms with E-state index in [2.05, 4.69) is 5.32 Å². The maximum Gasteiger partial charge on any atom is 0.248 e. The molecular weight excluding hydrogens is 331 g/mol. The molecule has 1 amide bonds. The van der Waals surface area contributed by atoms with E-state index in [4.69, 9.17) is 0 Å². The smallest absolute Gasteiger partial charge is 0.248 e. The molecule has 2 aromatic rings. The summed E-state index contributed by atoms with van der Waals surface area (Å²) in [5.74, 6) is -0.769. The molecule has 0 saturated heterocycles. The van der Waals surface area contributed by atoms with Crippen LogP contribution in [0.5, 0.6) is 0 Å². The van der Waals surface area contributed by atoms with Crippen molar-refractivity contribution in [1.29, 1.82) is 0 Å². The van der Waals surface area contributed by atoms with E-state index < -0.39 is 15.9 Å². The molecule has 24 heavy (non-hydrogen) atoms. The van der Waals surface area contributed by atoms with Gasteiger partial charge in [-0.1, -0.05) is 18.2 Å². The second-order valence-electron chi connectivity index (χ2n) is 5.19. The van der Waals surface area contributed by atoms with E-state index in [0.717, 1.165) is 4.31 Å². The maximum absolute atomic E-state index is 12.8. The Morgan fingerprint density at radius 1 is 1.12 bits per heavy atom. The molecule has 0 fully saturated rings. The van der Waals surface area contributed by atoms with Crippen LogP contribution < -0.4 is 5.32 Å². The SMILES string of the molecule is CN(C)S(=O)(=O)c1cccc(NC(=O)C=Cc2ccc(F)cc2)c1. The van der Waals surface area contributed by atoms with Gasteiger partial charge in [0.2, 0.25) is 15.9 Å². The van der Waals surface area contributed by atoms with Gasteiger partial charge in [0, 0.05) is 25.9 Å². The van der Waals surface area contributed by atoms with Crippen molar-refractivity contribution >= 4 is 27.7 Å². The van der Waals surface area contributed by atoms with Gasteiger partial charge < -0.3 is 5.32 Å². The van der Waals surface area contributed by atoms with E-state index in [9.17, 15) is 17.6 Å². The predicted octanol–water partition coefficient (Wildman–Crippen LogP) is 2.73. The first-order valence-corrected chi connectivity index (χ1v) is 8.50. The Balaban J connectivity index is 2.11. The molecule has 0 aliphatic heterocycles. The summed E-state index contributed by atoms with van der Waals surface area (Å²) in [7, 11) is -0.693. The van der Waals surface area contributed by atoms with Crippen LogP contribution in [0.1, 0.15) is 5.56 Å². The standard InChI is InChI=1S/C17H17FN2O3S/c1-20(2)24(22,23)16-5-3-4-15(12-16)19-17(21)11-8-13-6-9-14(18)10-7-13/h3-12H,1-2H3,(H,19,21). The van der Waals surface area contributed by atoms with Crippen molar-refractivity contribution in [2.75, 3.05) is 19.4 Å². The monoisotopic (exact) mass is 348 g/mol. The number of anilines is 1. The van der Waals surface area contributed by atoms with Crippen LogP contribution in [0.25, 0.3) is 6.08 Å². The number of rotatable bonds is 5. The average Bonchev–Trinajstić information content (AvgIpc) is 2.54. The first-order valence-electron chi connectivity index (χ1n) is 7.06. The molecule has 7 heteroatoms. The zero-order valence-electron chi connectivity index (χ0n) is 13.2. The van der Waals surface area contributed by atoms with Crippen LogP contribution in [-0.4, -0.2) is 32.7 Å². The molecule has 0 saturated carbocycles. The lowest BCUT2D eigenvalue weighted by atomic mass is 10.2. The van der Waals surface area contributed by atoms with Gasteiger partial charge in [0.1, 0.15) is 5.82 Å². The zero-order chi connectivity index (χ0) is 17.7. The molecule has 2 aromatic carbocycles. The number of hydrogen-bond acceptors (Lipinski definition) is 3. The highest BCUT2D eigenvalue weighted by Crippen LogP contribution is 2.18. The first-order chi connectivity index (χ1) is 11.3. The van der Waals surface area contributed by atoms with Gasteiger partial charge in [0.05, 0.1) is 4.90 Å². The third-order valence-corrected chi connectivity index (χ3v) is 4.99. The molecule has 1 N–H and O–H groups in total. The summed E-state index contributed by atoms with van der Waals surface area (Å²) in [6.07, 6.45) is 2.83. The van der Waals surface area contributed by atoms with E-state index in [1.54, 1.807) is 24.3 Å². The maximum atomic E-state index is 12.8. The molecule has 0 radical (unpaired) electrons. The van der Waals surface area contributed by atoms with Crippen molar-refractivity contribution in [3.8, 4) is 0 Å². The summed E-state index contributed by atoms with van der Waals surface area (Å²) in [5.41, 5.74) is 1.04. The predicted molar refractivity (Wildman–Crippen MR) is 91.4 cm³/mol. The molecule has 0 heterocycles. The topological polar surface area (TPSA) is 66.5 Å². The Bertz CT molecular complexity index is 860. The van der Waals surface area contributed by atoms with Crippen molar-refractivity contribution in [3.05, 3.63) is 66.0 Å². The molecule has 2 rings (SSSR count). The third kappa shape index (κ3) is 4.50. The fraction of sp³-hybridized carbons (Fsp3) is 0.118. The lowest BCUT2D eigenvalue weighted by molar-refractivity contribution is -0.111. The van der Waals surface area contributed by atoms with Crippen molar-refractivity contribution in [1.82, 2.24) is 4.31 Å². The van der Waals surface area contributed by atoms with Gasteiger partial charge in [-0.3, -0.25) is 4.79 Å². The molecule has 0 aliphatic carbocycles. The quantitative estimate of drug-likeness (QED) is 0.845. The second-order valence-corrected chi connectivity index (χ2v) is 7.34. The van der Waals surface area contributed by atoms with Crippen molar-refractivity contribution in [3.63, 3.8) is 0 Å². The molecule has 0 unspecified atom stereocenters. The molecule has 0 spiro atoms. The number of benzene rings is 2. The van der Waals surface area contributed by atoms with Gasteiger partial charge in [-0.25, -0.2) is 17.1 Å². The van der Waals surface area contributed by atoms with Gasteiger partial charge in [-0.05, 0) is 42.0 Å². The number of halogens is 1. The van der Waals surface area contributed by atoms with Gasteiger partial charge in [-0.2, -0.15) is 0 Å². The van der Waals surface area contributed by atoms with E-state index >= 15 is 0 Å². The molecule has 126 valence electrons. The number of hydrogen-bond donors (Lipinski definition) is 1. The molecule has 0 atom stereocenters. The van der Waals surface area contributed by atoms with E-state index in [-0.39, 0.29) is 10.7 Å². The van der Waals surface area contributed by atoms with Crippen LogP contribution in [0.2, 0.25) is 0 Å². The van der Waals surface area contributed by atoms with Crippen LogP contribution in [0.15, 0.2) is 59.5 Å². The highest BCUT2D eigenvalue weighted by atomic mass is 32.2. The van der Waals surface area contributed by atoms with Crippen LogP contribution in [-0.2, 0) is 14.8 Å². The van der Waals surface area contributed by atoms with Crippen molar-refractivity contribution < 1.29 is 17.6 Å². The van der Waals surface area contributed by atoms with Crippen molar-refractivity contribution in [2.45, 2.75) is 4.90 Å². The minimum Gasteiger partial charge on any atom is -0.322 e. The molecule has 0 aliphatic rings. The third-order valence-electron chi connectivity index (χ3n) is 3.18. The highest BCUT2D eigenvalue weighted by molar-refractivity contribution is 7.89. The second kappa shape index (κ2) is 7.37. The number of carbonyl (C=O) groups excluding carboxylic acids is 1. The fourth-order valence-corrected chi connectivity index (χ4v) is 2.82. The Kier molecular flexibility index (Phi) is 5.48. The number of carbonyl (C=O) groups is 1. The van der Waals surface area contributed by atoms with Crippen molar-refractivity contribution in [2.24, 2.45) is 0 Å². The summed E-state index contributed by atoms with van der Waals surface area (Å²) in [6, 6.07) is 11.7. The highest BCUT2D eigenvalue weighted by Gasteiger charge is 2.17. The largest absolute Gasteiger partial charge is 0.322 e. The Morgan fingerprint density at radius 3 is 2.42 bits per heavy atom. The van der Waals surface area contributed by atoms with Gasteiger partial charge in [0.15, 0.2) is 0 Å². The van der Waals surface area contributed by atoms with Crippen LogP contribution in [0.3, 0.4) is 0 Å². The van der Waals surface area contributed by atoms with E-state index in [0.29, 0.717) is 11.3 Å².